The predicted octanol–water partition coefficient (Wildman–Crippen LogP) is 5.72. The third-order valence-electron chi connectivity index (χ3n) is 5.41. The van der Waals surface area contributed by atoms with Crippen LogP contribution in [0.2, 0.25) is 0 Å². The summed E-state index contributed by atoms with van der Waals surface area (Å²) < 4.78 is 5.78. The molecule has 0 aliphatic heterocycles. The van der Waals surface area contributed by atoms with Gasteiger partial charge in [0.25, 0.3) is 0 Å². The fraction of sp³-hybridized carbons (Fsp3) is 0.192. The van der Waals surface area contributed by atoms with E-state index in [1.165, 1.54) is 22.3 Å². The van der Waals surface area contributed by atoms with Gasteiger partial charge in [0.2, 0.25) is 0 Å². The molecule has 0 saturated carbocycles. The van der Waals surface area contributed by atoms with E-state index >= 15 is 0 Å². The molecule has 4 nitrogen and oxygen atoms in total. The monoisotopic (exact) mass is 399 g/mol. The van der Waals surface area contributed by atoms with Gasteiger partial charge in [-0.15, -0.1) is 0 Å². The van der Waals surface area contributed by atoms with Crippen LogP contribution in [0.15, 0.2) is 84.9 Å². The fourth-order valence-electron chi connectivity index (χ4n) is 4.05. The van der Waals surface area contributed by atoms with Crippen molar-refractivity contribution in [2.75, 3.05) is 13.2 Å². The first kappa shape index (κ1) is 19.8. The molecule has 0 aromatic heterocycles. The number of rotatable bonds is 6. The number of carbonyl (C=O) groups excluding carboxylic acids is 1. The molecule has 30 heavy (non-hydrogen) atoms. The molecule has 0 radical (unpaired) electrons. The number of para-hydroxylation sites is 1. The van der Waals surface area contributed by atoms with Crippen LogP contribution >= 0.6 is 0 Å². The van der Waals surface area contributed by atoms with Gasteiger partial charge in [0, 0.05) is 18.0 Å². The van der Waals surface area contributed by atoms with E-state index in [-0.39, 0.29) is 24.8 Å². The lowest BCUT2D eigenvalue weighted by molar-refractivity contribution is 0.100. The molecule has 4 heteroatoms. The average molecular weight is 399 g/mol. The number of hydrogen-bond acceptors (Lipinski definition) is 3. The van der Waals surface area contributed by atoms with E-state index in [9.17, 15) is 9.90 Å². The molecule has 0 atom stereocenters. The Morgan fingerprint density at radius 3 is 2.13 bits per heavy atom. The predicted molar refractivity (Wildman–Crippen MR) is 118 cm³/mol. The highest BCUT2D eigenvalue weighted by molar-refractivity contribution is 5.79. The molecule has 1 aliphatic carbocycles. The van der Waals surface area contributed by atoms with E-state index in [0.717, 1.165) is 5.57 Å². The molecule has 3 aromatic rings. The summed E-state index contributed by atoms with van der Waals surface area (Å²) >= 11 is 0. The van der Waals surface area contributed by atoms with Crippen molar-refractivity contribution >= 4 is 6.09 Å². The number of phenols is 1. The third-order valence-corrected chi connectivity index (χ3v) is 5.41. The van der Waals surface area contributed by atoms with Crippen molar-refractivity contribution < 1.29 is 14.6 Å². The molecule has 0 fully saturated rings. The molecule has 1 aliphatic rings. The van der Waals surface area contributed by atoms with Crippen LogP contribution in [0.3, 0.4) is 0 Å². The lowest BCUT2D eigenvalue weighted by atomic mass is 9.98. The minimum atomic E-state index is -0.414. The first-order valence-electron chi connectivity index (χ1n) is 10.1. The molecular weight excluding hydrogens is 374 g/mol. The molecule has 0 bridgehead atoms. The van der Waals surface area contributed by atoms with Gasteiger partial charge in [-0.2, -0.15) is 0 Å². The van der Waals surface area contributed by atoms with Crippen LogP contribution in [0.1, 0.15) is 29.5 Å². The van der Waals surface area contributed by atoms with Gasteiger partial charge >= 0.3 is 6.09 Å². The summed E-state index contributed by atoms with van der Waals surface area (Å²) in [7, 11) is 0. The van der Waals surface area contributed by atoms with Gasteiger partial charge in [-0.1, -0.05) is 78.9 Å². The third kappa shape index (κ3) is 3.94. The first-order chi connectivity index (χ1) is 14.5. The zero-order chi connectivity index (χ0) is 21.1. The number of phenolic OH excluding ortho intramolecular Hbond substituents is 1. The molecule has 1 amide bonds. The van der Waals surface area contributed by atoms with Crippen LogP contribution in [0.25, 0.3) is 11.1 Å². The minimum absolute atomic E-state index is 0.0122. The topological polar surface area (TPSA) is 49.8 Å². The smallest absolute Gasteiger partial charge is 0.410 e. The zero-order valence-electron chi connectivity index (χ0n) is 17.0. The summed E-state index contributed by atoms with van der Waals surface area (Å²) in [4.78, 5) is 14.5. The Kier molecular flexibility index (Phi) is 5.57. The molecule has 3 aromatic carbocycles. The number of carbonyl (C=O) groups is 1. The van der Waals surface area contributed by atoms with Crippen molar-refractivity contribution in [3.05, 3.63) is 102 Å². The number of amides is 1. The summed E-state index contributed by atoms with van der Waals surface area (Å²) in [5.41, 5.74) is 6.27. The van der Waals surface area contributed by atoms with Gasteiger partial charge in [0.05, 0.1) is 6.54 Å². The maximum absolute atomic E-state index is 13.0. The molecular formula is C26H25NO3. The second kappa shape index (κ2) is 8.46. The first-order valence-corrected chi connectivity index (χ1v) is 10.1. The molecule has 0 saturated heterocycles. The number of benzene rings is 3. The van der Waals surface area contributed by atoms with Crippen molar-refractivity contribution in [3.63, 3.8) is 0 Å². The highest BCUT2D eigenvalue weighted by Gasteiger charge is 2.29. The normalized spacial score (nSPS) is 12.2. The van der Waals surface area contributed by atoms with Gasteiger partial charge < -0.3 is 9.84 Å². The molecule has 0 heterocycles. The van der Waals surface area contributed by atoms with E-state index in [2.05, 4.69) is 30.8 Å². The van der Waals surface area contributed by atoms with Gasteiger partial charge in [-0.3, -0.25) is 4.90 Å². The Morgan fingerprint density at radius 2 is 1.53 bits per heavy atom. The molecule has 152 valence electrons. The number of nitrogens with zero attached hydrogens (tertiary/aromatic N) is 1. The van der Waals surface area contributed by atoms with Crippen LogP contribution in [0, 0.1) is 0 Å². The van der Waals surface area contributed by atoms with Gasteiger partial charge in [-0.05, 0) is 35.2 Å². The standard InChI is InChI=1S/C26H25NO3/c1-18(2)15-27(16-19-9-3-8-14-25(19)28)26(29)30-17-24-22-12-6-4-10-20(22)21-11-5-7-13-23(21)24/h3-14,24,28H,1,15-17H2,2H3. The summed E-state index contributed by atoms with van der Waals surface area (Å²) in [5.74, 6) is 0.175. The van der Waals surface area contributed by atoms with Gasteiger partial charge in [0.15, 0.2) is 0 Å². The van der Waals surface area contributed by atoms with Crippen molar-refractivity contribution in [2.24, 2.45) is 0 Å². The van der Waals surface area contributed by atoms with E-state index in [4.69, 9.17) is 4.74 Å². The highest BCUT2D eigenvalue weighted by Crippen LogP contribution is 2.44. The number of fused-ring (bicyclic) bond motifs is 3. The summed E-state index contributed by atoms with van der Waals surface area (Å²) in [6.07, 6.45) is -0.414. The Labute approximate surface area is 177 Å². The maximum Gasteiger partial charge on any atom is 0.410 e. The van der Waals surface area contributed by atoms with Crippen LogP contribution in [0.4, 0.5) is 4.79 Å². The Balaban J connectivity index is 1.52. The van der Waals surface area contributed by atoms with E-state index in [1.807, 2.05) is 37.3 Å². The summed E-state index contributed by atoms with van der Waals surface area (Å²) in [6.45, 7) is 6.69. The van der Waals surface area contributed by atoms with Crippen molar-refractivity contribution in [1.29, 1.82) is 0 Å². The zero-order valence-corrected chi connectivity index (χ0v) is 17.0. The Morgan fingerprint density at radius 1 is 0.967 bits per heavy atom. The van der Waals surface area contributed by atoms with E-state index in [1.54, 1.807) is 23.1 Å². The van der Waals surface area contributed by atoms with Gasteiger partial charge in [0.1, 0.15) is 12.4 Å². The second-order valence-corrected chi connectivity index (χ2v) is 7.75. The quantitative estimate of drug-likeness (QED) is 0.539. The van der Waals surface area contributed by atoms with Crippen LogP contribution < -0.4 is 0 Å². The Bertz CT molecular complexity index is 1040. The second-order valence-electron chi connectivity index (χ2n) is 7.75. The van der Waals surface area contributed by atoms with Gasteiger partial charge in [-0.25, -0.2) is 4.79 Å². The lowest BCUT2D eigenvalue weighted by Crippen LogP contribution is -2.33. The number of aromatic hydroxyl groups is 1. The van der Waals surface area contributed by atoms with E-state index < -0.39 is 6.09 Å². The van der Waals surface area contributed by atoms with Crippen LogP contribution in [-0.4, -0.2) is 29.3 Å². The van der Waals surface area contributed by atoms with Crippen LogP contribution in [0.5, 0.6) is 5.75 Å². The largest absolute Gasteiger partial charge is 0.508 e. The van der Waals surface area contributed by atoms with Crippen molar-refractivity contribution in [3.8, 4) is 16.9 Å². The molecule has 1 N–H and O–H groups in total. The average Bonchev–Trinajstić information content (AvgIpc) is 3.06. The maximum atomic E-state index is 13.0. The van der Waals surface area contributed by atoms with Crippen molar-refractivity contribution in [2.45, 2.75) is 19.4 Å². The minimum Gasteiger partial charge on any atom is -0.508 e. The Hall–Kier alpha value is -3.53. The van der Waals surface area contributed by atoms with Crippen molar-refractivity contribution in [1.82, 2.24) is 4.90 Å². The molecule has 0 spiro atoms. The SMILES string of the molecule is C=C(C)CN(Cc1ccccc1O)C(=O)OCC1c2ccccc2-c2ccccc21. The molecule has 0 unspecified atom stereocenters. The fourth-order valence-corrected chi connectivity index (χ4v) is 4.05. The summed E-state index contributed by atoms with van der Waals surface area (Å²) in [6, 6.07) is 23.5. The lowest BCUT2D eigenvalue weighted by Gasteiger charge is -2.24. The number of ether oxygens (including phenoxy) is 1. The summed E-state index contributed by atoms with van der Waals surface area (Å²) in [5, 5.41) is 10.1. The van der Waals surface area contributed by atoms with E-state index in [0.29, 0.717) is 12.1 Å². The van der Waals surface area contributed by atoms with Crippen LogP contribution in [-0.2, 0) is 11.3 Å². The number of hydrogen-bond donors (Lipinski definition) is 1. The molecule has 4 rings (SSSR count). The highest BCUT2D eigenvalue weighted by atomic mass is 16.6.